The highest BCUT2D eigenvalue weighted by Crippen LogP contribution is 2.40. The number of hydrogen-bond acceptors (Lipinski definition) is 7. The van der Waals surface area contributed by atoms with E-state index in [2.05, 4.69) is 0 Å². The van der Waals surface area contributed by atoms with Crippen LogP contribution in [-0.2, 0) is 21.2 Å². The van der Waals surface area contributed by atoms with Gasteiger partial charge in [0.05, 0.1) is 19.1 Å². The lowest BCUT2D eigenvalue weighted by molar-refractivity contribution is -0.137. The second-order valence-electron chi connectivity index (χ2n) is 7.10. The van der Waals surface area contributed by atoms with Gasteiger partial charge in [0, 0.05) is 23.9 Å². The Hall–Kier alpha value is -3.21. The first-order valence-electron chi connectivity index (χ1n) is 9.78. The summed E-state index contributed by atoms with van der Waals surface area (Å²) >= 11 is 1.52. The number of ether oxygens (including phenoxy) is 2. The number of Topliss-reactive ketones (excluding diaryl/α,β-unsaturated/α-hetero) is 1. The highest BCUT2D eigenvalue weighted by molar-refractivity contribution is 7.89. The fourth-order valence-electron chi connectivity index (χ4n) is 3.35. The molecular weight excluding hydrogens is 466 g/mol. The third-order valence-corrected chi connectivity index (χ3v) is 7.68. The van der Waals surface area contributed by atoms with Crippen LogP contribution in [0.15, 0.2) is 58.8 Å². The molecule has 0 amide bonds. The van der Waals surface area contributed by atoms with Gasteiger partial charge in [-0.05, 0) is 41.3 Å². The van der Waals surface area contributed by atoms with E-state index in [1.807, 2.05) is 23.6 Å². The SMILES string of the molecule is COc1ccc(-c2cccs2)c(OC)c1C(=O)Cc1ccc(S(=O)(=O)N(C)CC(=O)O)cc1. The molecular formula is C23H23NO7S2. The van der Waals surface area contributed by atoms with Crippen LogP contribution in [-0.4, -0.2) is 57.4 Å². The maximum absolute atomic E-state index is 13.3. The molecule has 1 N–H and O–H groups in total. The molecule has 0 aliphatic heterocycles. The molecule has 0 fully saturated rings. The molecule has 0 unspecified atom stereocenters. The van der Waals surface area contributed by atoms with E-state index in [1.54, 1.807) is 6.07 Å². The quantitative estimate of drug-likeness (QED) is 0.434. The first kappa shape index (κ1) is 24.4. The maximum Gasteiger partial charge on any atom is 0.318 e. The van der Waals surface area contributed by atoms with Gasteiger partial charge in [-0.25, -0.2) is 8.42 Å². The van der Waals surface area contributed by atoms with Crippen LogP contribution in [0.2, 0.25) is 0 Å². The van der Waals surface area contributed by atoms with Crippen molar-refractivity contribution in [2.45, 2.75) is 11.3 Å². The zero-order chi connectivity index (χ0) is 24.2. The lowest BCUT2D eigenvalue weighted by Gasteiger charge is -2.16. The molecule has 0 radical (unpaired) electrons. The van der Waals surface area contributed by atoms with Crippen molar-refractivity contribution >= 4 is 33.1 Å². The van der Waals surface area contributed by atoms with Gasteiger partial charge in [-0.1, -0.05) is 18.2 Å². The zero-order valence-electron chi connectivity index (χ0n) is 18.3. The van der Waals surface area contributed by atoms with Crippen molar-refractivity contribution in [3.63, 3.8) is 0 Å². The standard InChI is InChI=1S/C23H23NO7S2/c1-24(14-21(26)27)33(28,29)16-8-6-15(7-9-16)13-18(25)22-19(30-2)11-10-17(23(22)31-3)20-5-4-12-32-20/h4-12H,13-14H2,1-3H3,(H,26,27). The number of ketones is 1. The average Bonchev–Trinajstić information content (AvgIpc) is 3.32. The van der Waals surface area contributed by atoms with Crippen LogP contribution in [0.3, 0.4) is 0 Å². The number of methoxy groups -OCH3 is 2. The molecule has 0 saturated heterocycles. The van der Waals surface area contributed by atoms with E-state index in [0.717, 1.165) is 14.7 Å². The van der Waals surface area contributed by atoms with Gasteiger partial charge < -0.3 is 14.6 Å². The molecule has 0 atom stereocenters. The minimum atomic E-state index is -3.95. The molecule has 3 rings (SSSR count). The van der Waals surface area contributed by atoms with Crippen molar-refractivity contribution in [1.82, 2.24) is 4.31 Å². The number of rotatable bonds is 10. The van der Waals surface area contributed by atoms with Crippen LogP contribution in [0.5, 0.6) is 11.5 Å². The Bertz CT molecular complexity index is 1250. The van der Waals surface area contributed by atoms with Gasteiger partial charge in [-0.2, -0.15) is 4.31 Å². The summed E-state index contributed by atoms with van der Waals surface area (Å²) in [4.78, 5) is 25.0. The van der Waals surface area contributed by atoms with Crippen LogP contribution >= 0.6 is 11.3 Å². The predicted octanol–water partition coefficient (Wildman–Crippen LogP) is 3.56. The number of aliphatic carboxylic acids is 1. The summed E-state index contributed by atoms with van der Waals surface area (Å²) in [6, 6.07) is 13.2. The second-order valence-corrected chi connectivity index (χ2v) is 10.1. The van der Waals surface area contributed by atoms with E-state index in [-0.39, 0.29) is 17.1 Å². The second kappa shape index (κ2) is 10.2. The number of hydrogen-bond donors (Lipinski definition) is 1. The van der Waals surface area contributed by atoms with Crippen molar-refractivity contribution in [3.05, 3.63) is 65.0 Å². The van der Waals surface area contributed by atoms with Gasteiger partial charge in [0.25, 0.3) is 0 Å². The monoisotopic (exact) mass is 489 g/mol. The molecule has 10 heteroatoms. The van der Waals surface area contributed by atoms with Crippen molar-refractivity contribution in [1.29, 1.82) is 0 Å². The van der Waals surface area contributed by atoms with Gasteiger partial charge >= 0.3 is 5.97 Å². The number of benzene rings is 2. The summed E-state index contributed by atoms with van der Waals surface area (Å²) in [7, 11) is 0.211. The first-order valence-corrected chi connectivity index (χ1v) is 12.1. The Morgan fingerprint density at radius 3 is 2.27 bits per heavy atom. The van der Waals surface area contributed by atoms with Gasteiger partial charge in [-0.15, -0.1) is 11.3 Å². The summed E-state index contributed by atoms with van der Waals surface area (Å²) < 4.78 is 36.8. The lowest BCUT2D eigenvalue weighted by Crippen LogP contribution is -2.32. The zero-order valence-corrected chi connectivity index (χ0v) is 19.9. The molecule has 1 aromatic heterocycles. The molecule has 0 bridgehead atoms. The van der Waals surface area contributed by atoms with Crippen LogP contribution < -0.4 is 9.47 Å². The number of nitrogens with zero attached hydrogens (tertiary/aromatic N) is 1. The highest BCUT2D eigenvalue weighted by atomic mass is 32.2. The van der Waals surface area contributed by atoms with E-state index in [0.29, 0.717) is 22.6 Å². The molecule has 0 saturated carbocycles. The Morgan fingerprint density at radius 1 is 1.03 bits per heavy atom. The van der Waals surface area contributed by atoms with Crippen molar-refractivity contribution in [3.8, 4) is 21.9 Å². The molecule has 3 aromatic rings. The van der Waals surface area contributed by atoms with Crippen LogP contribution in [0.1, 0.15) is 15.9 Å². The Labute approximate surface area is 196 Å². The van der Waals surface area contributed by atoms with E-state index in [9.17, 15) is 18.0 Å². The number of sulfonamides is 1. The van der Waals surface area contributed by atoms with E-state index in [1.165, 1.54) is 56.9 Å². The number of likely N-dealkylation sites (N-methyl/N-ethyl adjacent to an activating group) is 1. The van der Waals surface area contributed by atoms with Gasteiger partial charge in [0.15, 0.2) is 5.78 Å². The molecule has 174 valence electrons. The summed E-state index contributed by atoms with van der Waals surface area (Å²) in [6.07, 6.45) is -0.00803. The molecule has 1 heterocycles. The van der Waals surface area contributed by atoms with Gasteiger partial charge in [-0.3, -0.25) is 9.59 Å². The van der Waals surface area contributed by atoms with Crippen molar-refractivity contribution < 1.29 is 32.6 Å². The fourth-order valence-corrected chi connectivity index (χ4v) is 5.21. The van der Waals surface area contributed by atoms with E-state index in [4.69, 9.17) is 14.6 Å². The Kier molecular flexibility index (Phi) is 7.52. The topological polar surface area (TPSA) is 110 Å². The molecule has 33 heavy (non-hydrogen) atoms. The molecule has 0 spiro atoms. The smallest absolute Gasteiger partial charge is 0.318 e. The predicted molar refractivity (Wildman–Crippen MR) is 125 cm³/mol. The summed E-state index contributed by atoms with van der Waals surface area (Å²) in [5, 5.41) is 10.8. The Morgan fingerprint density at radius 2 is 1.73 bits per heavy atom. The highest BCUT2D eigenvalue weighted by Gasteiger charge is 2.25. The van der Waals surface area contributed by atoms with E-state index < -0.39 is 22.5 Å². The van der Waals surface area contributed by atoms with Crippen molar-refractivity contribution in [2.24, 2.45) is 0 Å². The normalized spacial score (nSPS) is 11.4. The Balaban J connectivity index is 1.90. The lowest BCUT2D eigenvalue weighted by atomic mass is 9.98. The summed E-state index contributed by atoms with van der Waals surface area (Å²) in [6.45, 7) is -0.650. The molecule has 0 aliphatic rings. The average molecular weight is 490 g/mol. The molecule has 0 aliphatic carbocycles. The maximum atomic E-state index is 13.3. The molecule has 8 nitrogen and oxygen atoms in total. The third-order valence-electron chi connectivity index (χ3n) is 4.96. The number of thiophene rings is 1. The first-order chi connectivity index (χ1) is 15.7. The number of carbonyl (C=O) groups is 2. The van der Waals surface area contributed by atoms with Gasteiger partial charge in [0.1, 0.15) is 23.6 Å². The summed E-state index contributed by atoms with van der Waals surface area (Å²) in [5.74, 6) is -0.709. The third kappa shape index (κ3) is 5.24. The summed E-state index contributed by atoms with van der Waals surface area (Å²) in [5.41, 5.74) is 1.67. The molecule has 2 aromatic carbocycles. The van der Waals surface area contributed by atoms with Crippen molar-refractivity contribution in [2.75, 3.05) is 27.8 Å². The number of carboxylic acid groups (broad SMARTS) is 1. The van der Waals surface area contributed by atoms with Crippen LogP contribution in [0.4, 0.5) is 0 Å². The van der Waals surface area contributed by atoms with Gasteiger partial charge in [0.2, 0.25) is 10.0 Å². The number of carboxylic acids is 1. The minimum Gasteiger partial charge on any atom is -0.496 e. The largest absolute Gasteiger partial charge is 0.496 e. The van der Waals surface area contributed by atoms with E-state index >= 15 is 0 Å². The number of carbonyl (C=O) groups excluding carboxylic acids is 1. The van der Waals surface area contributed by atoms with Crippen LogP contribution in [0.25, 0.3) is 10.4 Å². The minimum absolute atomic E-state index is 0.00803. The fraction of sp³-hybridized carbons (Fsp3) is 0.217. The van der Waals surface area contributed by atoms with Crippen LogP contribution in [0, 0.1) is 0 Å².